The molecule has 1 heteroatoms. The molecule has 0 radical (unpaired) electrons. The summed E-state index contributed by atoms with van der Waals surface area (Å²) in [4.78, 5) is 2.41. The molecule has 0 unspecified atom stereocenters. The third-order valence-corrected chi connectivity index (χ3v) is 6.47. The molecule has 34 heavy (non-hydrogen) atoms. The Morgan fingerprint density at radius 1 is 0.441 bits per heavy atom. The van der Waals surface area contributed by atoms with Gasteiger partial charge in [0, 0.05) is 22.1 Å². The van der Waals surface area contributed by atoms with E-state index in [0.717, 1.165) is 11.4 Å². The highest BCUT2D eigenvalue weighted by molar-refractivity contribution is 6.14. The van der Waals surface area contributed by atoms with E-state index >= 15 is 0 Å². The average Bonchev–Trinajstić information content (AvgIpc) is 2.90. The van der Waals surface area contributed by atoms with Crippen molar-refractivity contribution >= 4 is 38.6 Å². The number of hydrogen-bond donors (Lipinski definition) is 0. The summed E-state index contributed by atoms with van der Waals surface area (Å²) < 4.78 is 0. The van der Waals surface area contributed by atoms with Crippen LogP contribution in [0.5, 0.6) is 0 Å². The lowest BCUT2D eigenvalue weighted by molar-refractivity contribution is 1.30. The first-order valence-corrected chi connectivity index (χ1v) is 11.7. The summed E-state index contributed by atoms with van der Waals surface area (Å²) in [5.41, 5.74) is 7.19. The number of rotatable bonds is 4. The smallest absolute Gasteiger partial charge is 0.0618 e. The highest BCUT2D eigenvalue weighted by atomic mass is 15.1. The van der Waals surface area contributed by atoms with Gasteiger partial charge in [0.15, 0.2) is 0 Å². The van der Waals surface area contributed by atoms with Gasteiger partial charge in [-0.3, -0.25) is 0 Å². The monoisotopic (exact) mass is 435 g/mol. The minimum absolute atomic E-state index is 1.15. The first kappa shape index (κ1) is 20.3. The maximum Gasteiger partial charge on any atom is 0.0618 e. The van der Waals surface area contributed by atoms with Crippen LogP contribution in [0.1, 0.15) is 5.56 Å². The van der Waals surface area contributed by atoms with Crippen LogP contribution >= 0.6 is 0 Å². The number of nitrogens with zero attached hydrogens (tertiary/aromatic N) is 1. The molecule has 0 aliphatic carbocycles. The summed E-state index contributed by atoms with van der Waals surface area (Å²) in [5.74, 6) is 0. The number of aryl methyl sites for hydroxylation is 1. The predicted octanol–water partition coefficient (Wildman–Crippen LogP) is 9.44. The summed E-state index contributed by atoms with van der Waals surface area (Å²) in [6, 6.07) is 48.0. The summed E-state index contributed by atoms with van der Waals surface area (Å²) >= 11 is 0. The molecular formula is C33H25N. The van der Waals surface area contributed by atoms with Crippen LogP contribution in [0.3, 0.4) is 0 Å². The highest BCUT2D eigenvalue weighted by Crippen LogP contribution is 2.44. The van der Waals surface area contributed by atoms with Crippen LogP contribution in [0.15, 0.2) is 133 Å². The third-order valence-electron chi connectivity index (χ3n) is 6.47. The van der Waals surface area contributed by atoms with Crippen molar-refractivity contribution in [2.24, 2.45) is 0 Å². The second-order valence-electron chi connectivity index (χ2n) is 8.75. The van der Waals surface area contributed by atoms with Gasteiger partial charge in [-0.2, -0.15) is 0 Å². The lowest BCUT2D eigenvalue weighted by Crippen LogP contribution is -2.11. The maximum atomic E-state index is 2.41. The summed E-state index contributed by atoms with van der Waals surface area (Å²) in [7, 11) is 0. The molecule has 0 aromatic heterocycles. The van der Waals surface area contributed by atoms with Crippen LogP contribution in [-0.2, 0) is 0 Å². The van der Waals surface area contributed by atoms with Crippen molar-refractivity contribution in [3.8, 4) is 11.1 Å². The van der Waals surface area contributed by atoms with Crippen molar-refractivity contribution in [2.75, 3.05) is 4.90 Å². The zero-order valence-electron chi connectivity index (χ0n) is 19.1. The van der Waals surface area contributed by atoms with Crippen LogP contribution in [0.25, 0.3) is 32.7 Å². The van der Waals surface area contributed by atoms with Gasteiger partial charge in [-0.1, -0.05) is 109 Å². The molecule has 0 aliphatic rings. The number of anilines is 3. The van der Waals surface area contributed by atoms with Crippen LogP contribution in [-0.4, -0.2) is 0 Å². The van der Waals surface area contributed by atoms with E-state index in [-0.39, 0.29) is 0 Å². The number of benzene rings is 6. The van der Waals surface area contributed by atoms with Gasteiger partial charge in [-0.25, -0.2) is 0 Å². The number of fused-ring (bicyclic) bond motifs is 2. The van der Waals surface area contributed by atoms with E-state index in [2.05, 4.69) is 145 Å². The Morgan fingerprint density at radius 2 is 1.03 bits per heavy atom. The van der Waals surface area contributed by atoms with Gasteiger partial charge in [0.1, 0.15) is 0 Å². The average molecular weight is 436 g/mol. The Morgan fingerprint density at radius 3 is 1.71 bits per heavy atom. The quantitative estimate of drug-likeness (QED) is 0.249. The van der Waals surface area contributed by atoms with Crippen molar-refractivity contribution in [3.63, 3.8) is 0 Å². The van der Waals surface area contributed by atoms with Gasteiger partial charge in [-0.05, 0) is 59.2 Å². The zero-order valence-corrected chi connectivity index (χ0v) is 19.1. The normalized spacial score (nSPS) is 11.1. The van der Waals surface area contributed by atoms with E-state index < -0.39 is 0 Å². The third kappa shape index (κ3) is 3.62. The van der Waals surface area contributed by atoms with Crippen LogP contribution in [0.4, 0.5) is 17.1 Å². The van der Waals surface area contributed by atoms with Crippen LogP contribution < -0.4 is 4.90 Å². The second kappa shape index (κ2) is 8.53. The SMILES string of the molecule is Cc1ccc(N(c2cccc(-c3ccccc3)c2)c2c3ccccc3cc3ccccc23)cc1. The summed E-state index contributed by atoms with van der Waals surface area (Å²) in [5, 5.41) is 4.97. The molecule has 0 N–H and O–H groups in total. The molecule has 0 bridgehead atoms. The van der Waals surface area contributed by atoms with E-state index in [1.807, 2.05) is 0 Å². The highest BCUT2D eigenvalue weighted by Gasteiger charge is 2.19. The summed E-state index contributed by atoms with van der Waals surface area (Å²) in [6.45, 7) is 2.14. The molecule has 162 valence electrons. The molecule has 0 saturated carbocycles. The Bertz CT molecular complexity index is 1540. The molecular weight excluding hydrogens is 410 g/mol. The van der Waals surface area contributed by atoms with Gasteiger partial charge in [0.25, 0.3) is 0 Å². The van der Waals surface area contributed by atoms with Crippen molar-refractivity contribution in [2.45, 2.75) is 6.92 Å². The van der Waals surface area contributed by atoms with Crippen LogP contribution in [0, 0.1) is 6.92 Å². The van der Waals surface area contributed by atoms with Crippen molar-refractivity contribution in [1.82, 2.24) is 0 Å². The number of hydrogen-bond acceptors (Lipinski definition) is 1. The minimum atomic E-state index is 1.15. The second-order valence-corrected chi connectivity index (χ2v) is 8.75. The minimum Gasteiger partial charge on any atom is -0.309 e. The Hall–Kier alpha value is -4.36. The van der Waals surface area contributed by atoms with Gasteiger partial charge >= 0.3 is 0 Å². The van der Waals surface area contributed by atoms with Gasteiger partial charge in [-0.15, -0.1) is 0 Å². The lowest BCUT2D eigenvalue weighted by atomic mass is 9.98. The molecule has 0 atom stereocenters. The van der Waals surface area contributed by atoms with E-state index in [4.69, 9.17) is 0 Å². The molecule has 0 spiro atoms. The molecule has 6 aromatic carbocycles. The topological polar surface area (TPSA) is 3.24 Å². The summed E-state index contributed by atoms with van der Waals surface area (Å²) in [6.07, 6.45) is 0. The fraction of sp³-hybridized carbons (Fsp3) is 0.0303. The molecule has 6 rings (SSSR count). The van der Waals surface area contributed by atoms with E-state index in [9.17, 15) is 0 Å². The first-order valence-electron chi connectivity index (χ1n) is 11.7. The Labute approximate surface area is 200 Å². The van der Waals surface area contributed by atoms with E-state index in [0.29, 0.717) is 0 Å². The predicted molar refractivity (Wildman–Crippen MR) is 146 cm³/mol. The first-order chi connectivity index (χ1) is 16.8. The van der Waals surface area contributed by atoms with E-state index in [1.165, 1.54) is 43.9 Å². The standard InChI is InChI=1S/C33H25N/c1-24-18-20-29(21-19-24)34(30-15-9-14-26(23-30)25-10-3-2-4-11-25)33-31-16-7-5-12-27(31)22-28-13-6-8-17-32(28)33/h2-23H,1H3. The van der Waals surface area contributed by atoms with E-state index in [1.54, 1.807) is 0 Å². The molecule has 0 saturated heterocycles. The molecule has 0 amide bonds. The molecule has 6 aromatic rings. The lowest BCUT2D eigenvalue weighted by Gasteiger charge is -2.29. The van der Waals surface area contributed by atoms with Gasteiger partial charge in [0.05, 0.1) is 5.69 Å². The fourth-order valence-electron chi connectivity index (χ4n) is 4.79. The largest absolute Gasteiger partial charge is 0.309 e. The zero-order chi connectivity index (χ0) is 22.9. The Balaban J connectivity index is 1.67. The maximum absolute atomic E-state index is 2.41. The van der Waals surface area contributed by atoms with Crippen molar-refractivity contribution in [3.05, 3.63) is 139 Å². The fourth-order valence-corrected chi connectivity index (χ4v) is 4.79. The van der Waals surface area contributed by atoms with Gasteiger partial charge in [0.2, 0.25) is 0 Å². The van der Waals surface area contributed by atoms with Crippen LogP contribution in [0.2, 0.25) is 0 Å². The van der Waals surface area contributed by atoms with Crippen molar-refractivity contribution in [1.29, 1.82) is 0 Å². The molecule has 0 heterocycles. The van der Waals surface area contributed by atoms with Gasteiger partial charge < -0.3 is 4.90 Å². The molecule has 0 fully saturated rings. The molecule has 1 nitrogen and oxygen atoms in total. The molecule has 0 aliphatic heterocycles. The Kier molecular flexibility index (Phi) is 5.08. The van der Waals surface area contributed by atoms with Crippen molar-refractivity contribution < 1.29 is 0 Å².